The van der Waals surface area contributed by atoms with Crippen LogP contribution < -0.4 is 10.6 Å². The largest absolute Gasteiger partial charge is 0.480 e. The molecule has 0 aliphatic heterocycles. The summed E-state index contributed by atoms with van der Waals surface area (Å²) < 4.78 is 0. The van der Waals surface area contributed by atoms with E-state index in [-0.39, 0.29) is 11.4 Å². The van der Waals surface area contributed by atoms with Crippen LogP contribution in [0.15, 0.2) is 0 Å². The Morgan fingerprint density at radius 3 is 2.50 bits per heavy atom. The molecule has 1 fully saturated rings. The van der Waals surface area contributed by atoms with Crippen LogP contribution in [-0.2, 0) is 4.79 Å². The van der Waals surface area contributed by atoms with E-state index in [1.807, 2.05) is 6.26 Å². The second-order valence-corrected chi connectivity index (χ2v) is 6.55. The molecule has 0 unspecified atom stereocenters. The number of carboxylic acid groups (broad SMARTS) is 1. The first-order chi connectivity index (χ1) is 9.53. The van der Waals surface area contributed by atoms with Gasteiger partial charge >= 0.3 is 12.0 Å². The lowest BCUT2D eigenvalue weighted by atomic mass is 9.83. The number of urea groups is 1. The van der Waals surface area contributed by atoms with Crippen molar-refractivity contribution < 1.29 is 14.7 Å². The fourth-order valence-corrected chi connectivity index (χ4v) is 3.22. The van der Waals surface area contributed by atoms with Gasteiger partial charge in [0, 0.05) is 6.54 Å². The van der Waals surface area contributed by atoms with Gasteiger partial charge in [-0.2, -0.15) is 11.8 Å². The van der Waals surface area contributed by atoms with Gasteiger partial charge in [0.2, 0.25) is 0 Å². The molecule has 5 nitrogen and oxygen atoms in total. The van der Waals surface area contributed by atoms with Crippen LogP contribution in [0.2, 0.25) is 0 Å². The molecule has 0 radical (unpaired) electrons. The van der Waals surface area contributed by atoms with Crippen molar-refractivity contribution in [1.82, 2.24) is 10.6 Å². The molecule has 1 saturated carbocycles. The van der Waals surface area contributed by atoms with Crippen LogP contribution in [0, 0.1) is 5.41 Å². The number of hydrogen-bond acceptors (Lipinski definition) is 3. The lowest BCUT2D eigenvalue weighted by molar-refractivity contribution is -0.139. The SMILES string of the molecule is CCC1(CNC(=O)N[C@H](CCSC)C(=O)O)CCCC1. The van der Waals surface area contributed by atoms with Crippen LogP contribution in [0.25, 0.3) is 0 Å². The number of carboxylic acids is 1. The Balaban J connectivity index is 2.39. The van der Waals surface area contributed by atoms with Crippen LogP contribution in [0.5, 0.6) is 0 Å². The smallest absolute Gasteiger partial charge is 0.326 e. The number of nitrogens with one attached hydrogen (secondary N) is 2. The Kier molecular flexibility index (Phi) is 7.19. The highest BCUT2D eigenvalue weighted by molar-refractivity contribution is 7.98. The number of carbonyl (C=O) groups excluding carboxylic acids is 1. The Labute approximate surface area is 125 Å². The molecule has 2 amide bonds. The highest BCUT2D eigenvalue weighted by atomic mass is 32.2. The van der Waals surface area contributed by atoms with Crippen molar-refractivity contribution in [3.8, 4) is 0 Å². The molecule has 6 heteroatoms. The minimum absolute atomic E-state index is 0.218. The third-order valence-electron chi connectivity index (χ3n) is 4.25. The fraction of sp³-hybridized carbons (Fsp3) is 0.857. The molecule has 116 valence electrons. The maximum absolute atomic E-state index is 11.8. The van der Waals surface area contributed by atoms with Crippen LogP contribution >= 0.6 is 11.8 Å². The van der Waals surface area contributed by atoms with Gasteiger partial charge in [-0.1, -0.05) is 19.8 Å². The second kappa shape index (κ2) is 8.39. The van der Waals surface area contributed by atoms with Gasteiger partial charge in [-0.3, -0.25) is 0 Å². The second-order valence-electron chi connectivity index (χ2n) is 5.56. The average molecular weight is 302 g/mol. The molecule has 0 saturated heterocycles. The van der Waals surface area contributed by atoms with E-state index < -0.39 is 12.0 Å². The van der Waals surface area contributed by atoms with Crippen LogP contribution in [0.3, 0.4) is 0 Å². The van der Waals surface area contributed by atoms with E-state index in [9.17, 15) is 9.59 Å². The molecule has 0 spiro atoms. The number of aliphatic carboxylic acids is 1. The molecule has 0 heterocycles. The van der Waals surface area contributed by atoms with E-state index in [1.165, 1.54) is 12.8 Å². The minimum Gasteiger partial charge on any atom is -0.480 e. The summed E-state index contributed by atoms with van der Waals surface area (Å²) in [5.74, 6) is -0.254. The zero-order chi connectivity index (χ0) is 15.0. The van der Waals surface area contributed by atoms with Crippen LogP contribution in [-0.4, -0.2) is 41.7 Å². The Morgan fingerprint density at radius 1 is 1.35 bits per heavy atom. The van der Waals surface area contributed by atoms with E-state index in [1.54, 1.807) is 11.8 Å². The van der Waals surface area contributed by atoms with Crippen LogP contribution in [0.4, 0.5) is 4.79 Å². The van der Waals surface area contributed by atoms with E-state index >= 15 is 0 Å². The summed E-state index contributed by atoms with van der Waals surface area (Å²) in [7, 11) is 0. The van der Waals surface area contributed by atoms with Gasteiger partial charge < -0.3 is 15.7 Å². The van der Waals surface area contributed by atoms with Crippen molar-refractivity contribution >= 4 is 23.8 Å². The summed E-state index contributed by atoms with van der Waals surface area (Å²) in [6, 6.07) is -1.16. The summed E-state index contributed by atoms with van der Waals surface area (Å²) in [6.45, 7) is 2.80. The molecule has 0 aromatic carbocycles. The fourth-order valence-electron chi connectivity index (χ4n) is 2.75. The monoisotopic (exact) mass is 302 g/mol. The summed E-state index contributed by atoms with van der Waals surface area (Å²) in [4.78, 5) is 22.9. The lowest BCUT2D eigenvalue weighted by Gasteiger charge is -2.28. The third kappa shape index (κ3) is 5.23. The third-order valence-corrected chi connectivity index (χ3v) is 4.90. The van der Waals surface area contributed by atoms with Crippen molar-refractivity contribution in [2.45, 2.75) is 51.5 Å². The average Bonchev–Trinajstić information content (AvgIpc) is 2.90. The Morgan fingerprint density at radius 2 is 2.00 bits per heavy atom. The predicted octanol–water partition coefficient (Wildman–Crippen LogP) is 2.46. The molecular formula is C14H26N2O3S. The first-order valence-electron chi connectivity index (χ1n) is 7.29. The van der Waals surface area contributed by atoms with Crippen molar-refractivity contribution in [2.24, 2.45) is 5.41 Å². The molecule has 1 aliphatic rings. The minimum atomic E-state index is -0.972. The van der Waals surface area contributed by atoms with Gasteiger partial charge in [0.05, 0.1) is 0 Å². The van der Waals surface area contributed by atoms with Crippen molar-refractivity contribution in [3.05, 3.63) is 0 Å². The highest BCUT2D eigenvalue weighted by Gasteiger charge is 2.32. The van der Waals surface area contributed by atoms with Crippen molar-refractivity contribution in [3.63, 3.8) is 0 Å². The zero-order valence-electron chi connectivity index (χ0n) is 12.4. The molecule has 1 aliphatic carbocycles. The number of rotatable bonds is 8. The normalized spacial score (nSPS) is 18.5. The van der Waals surface area contributed by atoms with Gasteiger partial charge in [-0.25, -0.2) is 9.59 Å². The van der Waals surface area contributed by atoms with E-state index in [4.69, 9.17) is 5.11 Å². The number of carbonyl (C=O) groups is 2. The quantitative estimate of drug-likeness (QED) is 0.643. The number of amides is 2. The van der Waals surface area contributed by atoms with E-state index in [0.29, 0.717) is 13.0 Å². The van der Waals surface area contributed by atoms with Gasteiger partial charge in [-0.15, -0.1) is 0 Å². The number of thioether (sulfide) groups is 1. The zero-order valence-corrected chi connectivity index (χ0v) is 13.2. The summed E-state index contributed by atoms with van der Waals surface area (Å²) >= 11 is 1.58. The molecule has 0 bridgehead atoms. The summed E-state index contributed by atoms with van der Waals surface area (Å²) in [5.41, 5.74) is 0.218. The molecule has 1 rings (SSSR count). The van der Waals surface area contributed by atoms with Gasteiger partial charge in [-0.05, 0) is 43.1 Å². The number of hydrogen-bond donors (Lipinski definition) is 3. The molecule has 3 N–H and O–H groups in total. The Hall–Kier alpha value is -0.910. The van der Waals surface area contributed by atoms with Gasteiger partial charge in [0.1, 0.15) is 6.04 Å². The molecule has 20 heavy (non-hydrogen) atoms. The molecule has 0 aromatic heterocycles. The first kappa shape index (κ1) is 17.1. The van der Waals surface area contributed by atoms with E-state index in [2.05, 4.69) is 17.6 Å². The predicted molar refractivity (Wildman–Crippen MR) is 82.1 cm³/mol. The van der Waals surface area contributed by atoms with Crippen LogP contribution in [0.1, 0.15) is 45.4 Å². The van der Waals surface area contributed by atoms with Crippen molar-refractivity contribution in [2.75, 3.05) is 18.6 Å². The maximum Gasteiger partial charge on any atom is 0.326 e. The molecule has 1 atom stereocenters. The van der Waals surface area contributed by atoms with Gasteiger partial charge in [0.15, 0.2) is 0 Å². The molecular weight excluding hydrogens is 276 g/mol. The topological polar surface area (TPSA) is 78.4 Å². The standard InChI is InChI=1S/C14H26N2O3S/c1-3-14(7-4-5-8-14)10-15-13(19)16-11(12(17)18)6-9-20-2/h11H,3-10H2,1-2H3,(H,17,18)(H2,15,16,19)/t11-/m1/s1. The lowest BCUT2D eigenvalue weighted by Crippen LogP contribution is -2.48. The first-order valence-corrected chi connectivity index (χ1v) is 8.68. The van der Waals surface area contributed by atoms with Gasteiger partial charge in [0.25, 0.3) is 0 Å². The summed E-state index contributed by atoms with van der Waals surface area (Å²) in [6.07, 6.45) is 8.18. The highest BCUT2D eigenvalue weighted by Crippen LogP contribution is 2.40. The summed E-state index contributed by atoms with van der Waals surface area (Å²) in [5, 5.41) is 14.5. The van der Waals surface area contributed by atoms with Crippen molar-refractivity contribution in [1.29, 1.82) is 0 Å². The Bertz CT molecular complexity index is 330. The molecule has 0 aromatic rings. The maximum atomic E-state index is 11.8. The van der Waals surface area contributed by atoms with E-state index in [0.717, 1.165) is 25.0 Å².